The summed E-state index contributed by atoms with van der Waals surface area (Å²) in [6.07, 6.45) is -1.12. The number of sulfonamides is 1. The van der Waals surface area contributed by atoms with Crippen molar-refractivity contribution in [3.05, 3.63) is 77.9 Å². The molecule has 7 nitrogen and oxygen atoms in total. The average molecular weight is 512 g/mol. The Morgan fingerprint density at radius 2 is 1.76 bits per heavy atom. The Morgan fingerprint density at radius 3 is 2.38 bits per heavy atom. The molecular formula is C23H23F2NO6S2. The summed E-state index contributed by atoms with van der Waals surface area (Å²) in [4.78, 5) is 9.12. The molecular weight excluding hydrogens is 488 g/mol. The highest BCUT2D eigenvalue weighted by Crippen LogP contribution is 2.48. The van der Waals surface area contributed by atoms with Crippen LogP contribution in [0.4, 0.5) is 13.6 Å². The van der Waals surface area contributed by atoms with E-state index in [1.165, 1.54) is 24.3 Å². The van der Waals surface area contributed by atoms with Gasteiger partial charge in [-0.1, -0.05) is 55.5 Å². The molecule has 0 aliphatic heterocycles. The molecule has 1 aliphatic carbocycles. The van der Waals surface area contributed by atoms with Gasteiger partial charge in [0.25, 0.3) is 5.92 Å². The minimum absolute atomic E-state index is 0.138. The average Bonchev–Trinajstić information content (AvgIpc) is 3.20. The second-order valence-corrected chi connectivity index (χ2v) is 11.0. The van der Waals surface area contributed by atoms with Crippen LogP contribution in [0.25, 0.3) is 10.4 Å². The van der Waals surface area contributed by atoms with E-state index in [1.54, 1.807) is 12.1 Å². The molecule has 11 heteroatoms. The van der Waals surface area contributed by atoms with Crippen LogP contribution in [0.5, 0.6) is 0 Å². The quantitative estimate of drug-likeness (QED) is 0.364. The second kappa shape index (κ2) is 9.79. The Hall–Kier alpha value is -2.86. The minimum atomic E-state index is -3.73. The van der Waals surface area contributed by atoms with Gasteiger partial charge in [-0.15, -0.1) is 11.3 Å². The molecule has 0 spiro atoms. The number of hydrogen-bond donors (Lipinski definition) is 4. The zero-order valence-corrected chi connectivity index (χ0v) is 19.6. The van der Waals surface area contributed by atoms with E-state index < -0.39 is 28.7 Å². The van der Waals surface area contributed by atoms with Crippen molar-refractivity contribution < 1.29 is 37.3 Å². The zero-order valence-electron chi connectivity index (χ0n) is 18.0. The number of nitrogens with one attached hydrogen (secondary N) is 1. The molecule has 1 fully saturated rings. The van der Waals surface area contributed by atoms with Crippen molar-refractivity contribution in [1.29, 1.82) is 0 Å². The lowest BCUT2D eigenvalue weighted by atomic mass is 9.98. The summed E-state index contributed by atoms with van der Waals surface area (Å²) in [6.45, 7) is 0.744. The van der Waals surface area contributed by atoms with Crippen LogP contribution in [0.3, 0.4) is 0 Å². The third-order valence-electron chi connectivity index (χ3n) is 5.58. The van der Waals surface area contributed by atoms with Crippen molar-refractivity contribution in [2.75, 3.05) is 6.61 Å². The van der Waals surface area contributed by atoms with Crippen LogP contribution >= 0.6 is 11.3 Å². The molecule has 34 heavy (non-hydrogen) atoms. The number of aliphatic hydroxyl groups excluding tert-OH is 1. The van der Waals surface area contributed by atoms with Crippen molar-refractivity contribution in [2.45, 2.75) is 34.9 Å². The maximum atomic E-state index is 13.8. The molecule has 1 heterocycles. The van der Waals surface area contributed by atoms with Gasteiger partial charge in [-0.25, -0.2) is 17.9 Å². The highest BCUT2D eigenvalue weighted by Gasteiger charge is 2.53. The van der Waals surface area contributed by atoms with Crippen LogP contribution < -0.4 is 4.72 Å². The number of aliphatic hydroxyl groups is 1. The van der Waals surface area contributed by atoms with E-state index in [0.717, 1.165) is 16.9 Å². The number of thiophene rings is 1. The van der Waals surface area contributed by atoms with Gasteiger partial charge < -0.3 is 15.3 Å². The Bertz CT molecular complexity index is 1260. The molecule has 2 atom stereocenters. The number of alkyl halides is 2. The maximum absolute atomic E-state index is 13.8. The number of rotatable bonds is 7. The molecule has 182 valence electrons. The minimum Gasteiger partial charge on any atom is -0.450 e. The van der Waals surface area contributed by atoms with Crippen molar-refractivity contribution in [3.8, 4) is 10.4 Å². The number of hydrogen-bond acceptors (Lipinski definition) is 5. The SMILES string of the molecule is C[C@]1(c2ccccc2)C[C@@H]1NS(=O)(=O)c1ccc(-c2cccc(C(F)(F)CO)c2)s1.O=C(O)O. The van der Waals surface area contributed by atoms with Crippen molar-refractivity contribution >= 4 is 27.5 Å². The van der Waals surface area contributed by atoms with Crippen molar-refractivity contribution in [3.63, 3.8) is 0 Å². The predicted octanol–water partition coefficient (Wildman–Crippen LogP) is 4.73. The van der Waals surface area contributed by atoms with E-state index in [9.17, 15) is 17.2 Å². The second-order valence-electron chi connectivity index (χ2n) is 8.01. The first-order valence-electron chi connectivity index (χ1n) is 10.1. The summed E-state index contributed by atoms with van der Waals surface area (Å²) in [6, 6.07) is 18.3. The van der Waals surface area contributed by atoms with Gasteiger partial charge in [0.15, 0.2) is 0 Å². The molecule has 0 bridgehead atoms. The topological polar surface area (TPSA) is 124 Å². The van der Waals surface area contributed by atoms with Crippen molar-refractivity contribution in [2.24, 2.45) is 0 Å². The maximum Gasteiger partial charge on any atom is 0.503 e. The molecule has 4 rings (SSSR count). The van der Waals surface area contributed by atoms with E-state index >= 15 is 0 Å². The van der Waals surface area contributed by atoms with Gasteiger partial charge in [0.1, 0.15) is 10.8 Å². The fourth-order valence-corrected chi connectivity index (χ4v) is 6.20. The summed E-state index contributed by atoms with van der Waals surface area (Å²) in [5.74, 6) is -3.35. The Kier molecular flexibility index (Phi) is 7.41. The van der Waals surface area contributed by atoms with Crippen LogP contribution in [0.2, 0.25) is 0 Å². The molecule has 2 aromatic carbocycles. The van der Waals surface area contributed by atoms with Crippen LogP contribution in [0.15, 0.2) is 70.9 Å². The summed E-state index contributed by atoms with van der Waals surface area (Å²) >= 11 is 1.03. The number of benzene rings is 2. The number of carboxylic acid groups (broad SMARTS) is 2. The predicted molar refractivity (Wildman–Crippen MR) is 124 cm³/mol. The highest BCUT2D eigenvalue weighted by atomic mass is 32.2. The van der Waals surface area contributed by atoms with E-state index in [1.807, 2.05) is 37.3 Å². The van der Waals surface area contributed by atoms with Crippen LogP contribution in [-0.2, 0) is 21.4 Å². The molecule has 1 saturated carbocycles. The summed E-state index contributed by atoms with van der Waals surface area (Å²) in [7, 11) is -3.73. The third kappa shape index (κ3) is 5.79. The van der Waals surface area contributed by atoms with Gasteiger partial charge in [0.05, 0.1) is 0 Å². The van der Waals surface area contributed by atoms with Crippen LogP contribution in [-0.4, -0.2) is 42.5 Å². The van der Waals surface area contributed by atoms with E-state index in [0.29, 0.717) is 16.9 Å². The summed E-state index contributed by atoms with van der Waals surface area (Å²) < 4.78 is 56.2. The van der Waals surface area contributed by atoms with Crippen LogP contribution in [0, 0.1) is 0 Å². The van der Waals surface area contributed by atoms with E-state index in [-0.39, 0.29) is 21.2 Å². The van der Waals surface area contributed by atoms with E-state index in [2.05, 4.69) is 4.72 Å². The molecule has 1 aromatic heterocycles. The molecule has 0 amide bonds. The van der Waals surface area contributed by atoms with Gasteiger partial charge in [-0.2, -0.15) is 8.78 Å². The molecule has 0 radical (unpaired) electrons. The first-order valence-corrected chi connectivity index (χ1v) is 12.4. The lowest BCUT2D eigenvalue weighted by Crippen LogP contribution is -2.29. The lowest BCUT2D eigenvalue weighted by Gasteiger charge is -2.14. The third-order valence-corrected chi connectivity index (χ3v) is 8.68. The first-order chi connectivity index (χ1) is 15.9. The Morgan fingerprint density at radius 1 is 1.12 bits per heavy atom. The molecule has 0 saturated heterocycles. The number of halogens is 2. The zero-order chi connectivity index (χ0) is 25.1. The Labute approximate surface area is 199 Å². The molecule has 0 unspecified atom stereocenters. The smallest absolute Gasteiger partial charge is 0.450 e. The molecule has 1 aliphatic rings. The monoisotopic (exact) mass is 511 g/mol. The summed E-state index contributed by atoms with van der Waals surface area (Å²) in [5.41, 5.74) is 1.02. The van der Waals surface area contributed by atoms with Gasteiger partial charge >= 0.3 is 6.16 Å². The van der Waals surface area contributed by atoms with Gasteiger partial charge in [-0.05, 0) is 35.7 Å². The fourth-order valence-electron chi connectivity index (χ4n) is 3.53. The Balaban J connectivity index is 0.000000751. The van der Waals surface area contributed by atoms with Gasteiger partial charge in [0.2, 0.25) is 10.0 Å². The standard InChI is InChI=1S/C22H21F2NO3S2.CH2O3/c1-21(16-7-3-2-4-8-16)13-19(21)25-30(27,28)20-11-10-18(29-20)15-6-5-9-17(12-15)22(23,24)14-26;2-1(3)4/h2-12,19,25-26H,13-14H2,1H3;(H2,2,3,4)/t19-,21+;/m0./s1. The lowest BCUT2D eigenvalue weighted by molar-refractivity contribution is -0.0555. The normalized spacial score (nSPS) is 19.7. The van der Waals surface area contributed by atoms with Crippen LogP contribution in [0.1, 0.15) is 24.5 Å². The van der Waals surface area contributed by atoms with Gasteiger partial charge in [-0.3, -0.25) is 0 Å². The van der Waals surface area contributed by atoms with Crippen molar-refractivity contribution in [1.82, 2.24) is 4.72 Å². The summed E-state index contributed by atoms with van der Waals surface area (Å²) in [5, 5.41) is 22.8. The molecule has 4 N–H and O–H groups in total. The number of carbonyl (C=O) groups is 1. The molecule has 3 aromatic rings. The first kappa shape index (κ1) is 25.8. The van der Waals surface area contributed by atoms with Gasteiger partial charge in [0, 0.05) is 21.9 Å². The largest absolute Gasteiger partial charge is 0.503 e. The van der Waals surface area contributed by atoms with E-state index in [4.69, 9.17) is 20.1 Å². The fraction of sp³-hybridized carbons (Fsp3) is 0.261. The highest BCUT2D eigenvalue weighted by molar-refractivity contribution is 7.91.